The normalized spacial score (nSPS) is 15.1. The maximum absolute atomic E-state index is 12.4. The standard InChI is InChI=1S/C17H20N6O2/c1-2-4-13-11-15(19-17-20-18-12-23(13)17)21-6-8-22(9-7-21)16(24)14-5-3-10-25-14/h3,5,10-12H,2,4,6-9H2,1H3. The van der Waals surface area contributed by atoms with Crippen molar-refractivity contribution in [2.75, 3.05) is 31.1 Å². The molecule has 0 atom stereocenters. The van der Waals surface area contributed by atoms with Crippen LogP contribution in [-0.4, -0.2) is 56.6 Å². The third-order valence-corrected chi connectivity index (χ3v) is 4.48. The quantitative estimate of drug-likeness (QED) is 0.718. The van der Waals surface area contributed by atoms with Gasteiger partial charge in [-0.2, -0.15) is 4.98 Å². The van der Waals surface area contributed by atoms with E-state index in [0.717, 1.165) is 37.4 Å². The van der Waals surface area contributed by atoms with Crippen LogP contribution >= 0.6 is 0 Å². The molecule has 25 heavy (non-hydrogen) atoms. The molecule has 0 saturated carbocycles. The van der Waals surface area contributed by atoms with E-state index in [0.29, 0.717) is 24.6 Å². The molecule has 8 heteroatoms. The summed E-state index contributed by atoms with van der Waals surface area (Å²) in [5.41, 5.74) is 1.15. The van der Waals surface area contributed by atoms with Gasteiger partial charge in [-0.25, -0.2) is 0 Å². The molecule has 0 bridgehead atoms. The Morgan fingerprint density at radius 2 is 2.12 bits per heavy atom. The Bertz CT molecular complexity index is 865. The van der Waals surface area contributed by atoms with Crippen LogP contribution in [-0.2, 0) is 6.42 Å². The predicted molar refractivity (Wildman–Crippen MR) is 91.6 cm³/mol. The Morgan fingerprint density at radius 1 is 1.28 bits per heavy atom. The van der Waals surface area contributed by atoms with Crippen LogP contribution in [0.2, 0.25) is 0 Å². The van der Waals surface area contributed by atoms with E-state index in [1.807, 2.05) is 9.30 Å². The first-order chi connectivity index (χ1) is 12.3. The van der Waals surface area contributed by atoms with Gasteiger partial charge in [0.25, 0.3) is 11.7 Å². The van der Waals surface area contributed by atoms with Gasteiger partial charge in [-0.15, -0.1) is 10.2 Å². The van der Waals surface area contributed by atoms with E-state index in [1.54, 1.807) is 18.5 Å². The minimum Gasteiger partial charge on any atom is -0.459 e. The summed E-state index contributed by atoms with van der Waals surface area (Å²) in [6.45, 7) is 4.89. The Balaban J connectivity index is 1.50. The SMILES string of the molecule is CCCc1cc(N2CCN(C(=O)c3ccco3)CC2)nc2nncn12. The summed E-state index contributed by atoms with van der Waals surface area (Å²) < 4.78 is 7.14. The number of hydrogen-bond acceptors (Lipinski definition) is 6. The van der Waals surface area contributed by atoms with Crippen molar-refractivity contribution in [3.8, 4) is 0 Å². The second kappa shape index (κ2) is 6.54. The highest BCUT2D eigenvalue weighted by atomic mass is 16.3. The number of amides is 1. The Kier molecular flexibility index (Phi) is 4.09. The van der Waals surface area contributed by atoms with Gasteiger partial charge in [0.2, 0.25) is 0 Å². The van der Waals surface area contributed by atoms with Crippen molar-refractivity contribution in [1.82, 2.24) is 24.5 Å². The summed E-state index contributed by atoms with van der Waals surface area (Å²) in [6, 6.07) is 5.53. The second-order valence-corrected chi connectivity index (χ2v) is 6.11. The fourth-order valence-electron chi connectivity index (χ4n) is 3.17. The molecule has 3 aromatic heterocycles. The number of aryl methyl sites for hydroxylation is 1. The van der Waals surface area contributed by atoms with Crippen LogP contribution in [0.3, 0.4) is 0 Å². The van der Waals surface area contributed by atoms with E-state index in [1.165, 1.54) is 6.26 Å². The summed E-state index contributed by atoms with van der Waals surface area (Å²) >= 11 is 0. The highest BCUT2D eigenvalue weighted by Gasteiger charge is 2.25. The number of rotatable bonds is 4. The molecule has 130 valence electrons. The van der Waals surface area contributed by atoms with Crippen molar-refractivity contribution in [2.24, 2.45) is 0 Å². The molecule has 3 aromatic rings. The minimum atomic E-state index is -0.0582. The number of anilines is 1. The fraction of sp³-hybridized carbons (Fsp3) is 0.412. The summed E-state index contributed by atoms with van der Waals surface area (Å²) in [7, 11) is 0. The van der Waals surface area contributed by atoms with E-state index >= 15 is 0 Å². The van der Waals surface area contributed by atoms with E-state index in [-0.39, 0.29) is 5.91 Å². The Labute approximate surface area is 145 Å². The van der Waals surface area contributed by atoms with Crippen LogP contribution < -0.4 is 4.90 Å². The number of furan rings is 1. The zero-order chi connectivity index (χ0) is 17.2. The molecule has 1 saturated heterocycles. The number of carbonyl (C=O) groups is 1. The molecule has 1 amide bonds. The lowest BCUT2D eigenvalue weighted by Crippen LogP contribution is -2.49. The van der Waals surface area contributed by atoms with Gasteiger partial charge in [-0.1, -0.05) is 13.3 Å². The van der Waals surface area contributed by atoms with E-state index in [4.69, 9.17) is 4.42 Å². The summed E-state index contributed by atoms with van der Waals surface area (Å²) in [6.07, 6.45) is 5.22. The third kappa shape index (κ3) is 2.95. The molecule has 4 rings (SSSR count). The summed E-state index contributed by atoms with van der Waals surface area (Å²) in [4.78, 5) is 21.0. The molecule has 0 radical (unpaired) electrons. The maximum Gasteiger partial charge on any atom is 0.289 e. The van der Waals surface area contributed by atoms with Crippen LogP contribution in [0.5, 0.6) is 0 Å². The number of piperazine rings is 1. The fourth-order valence-corrected chi connectivity index (χ4v) is 3.17. The van der Waals surface area contributed by atoms with E-state index < -0.39 is 0 Å². The smallest absolute Gasteiger partial charge is 0.289 e. The van der Waals surface area contributed by atoms with Gasteiger partial charge in [-0.05, 0) is 18.6 Å². The van der Waals surface area contributed by atoms with Gasteiger partial charge in [0, 0.05) is 37.9 Å². The van der Waals surface area contributed by atoms with Crippen LogP contribution in [0.4, 0.5) is 5.82 Å². The molecule has 4 heterocycles. The first-order valence-corrected chi connectivity index (χ1v) is 8.53. The molecule has 0 spiro atoms. The molecule has 0 aromatic carbocycles. The molecule has 0 aliphatic carbocycles. The lowest BCUT2D eigenvalue weighted by Gasteiger charge is -2.35. The first-order valence-electron chi connectivity index (χ1n) is 8.53. The molecule has 0 N–H and O–H groups in total. The van der Waals surface area contributed by atoms with Gasteiger partial charge >= 0.3 is 0 Å². The third-order valence-electron chi connectivity index (χ3n) is 4.48. The molecule has 0 unspecified atom stereocenters. The Hall–Kier alpha value is -2.90. The number of hydrogen-bond donors (Lipinski definition) is 0. The number of nitrogens with zero attached hydrogens (tertiary/aromatic N) is 6. The zero-order valence-electron chi connectivity index (χ0n) is 14.1. The van der Waals surface area contributed by atoms with E-state index in [2.05, 4.69) is 33.1 Å². The average molecular weight is 340 g/mol. The van der Waals surface area contributed by atoms with Gasteiger partial charge in [0.05, 0.1) is 6.26 Å². The lowest BCUT2D eigenvalue weighted by molar-refractivity contribution is 0.0714. The van der Waals surface area contributed by atoms with Crippen LogP contribution in [0, 0.1) is 0 Å². The average Bonchev–Trinajstić information content (AvgIpc) is 3.33. The highest BCUT2D eigenvalue weighted by molar-refractivity contribution is 5.91. The van der Waals surface area contributed by atoms with Gasteiger partial charge in [-0.3, -0.25) is 9.20 Å². The summed E-state index contributed by atoms with van der Waals surface area (Å²) in [5.74, 6) is 1.85. The molecular formula is C17H20N6O2. The van der Waals surface area contributed by atoms with Gasteiger partial charge < -0.3 is 14.2 Å². The van der Waals surface area contributed by atoms with Gasteiger partial charge in [0.1, 0.15) is 12.1 Å². The van der Waals surface area contributed by atoms with Crippen molar-refractivity contribution in [3.05, 3.63) is 42.2 Å². The van der Waals surface area contributed by atoms with Gasteiger partial charge in [0.15, 0.2) is 5.76 Å². The van der Waals surface area contributed by atoms with Crippen molar-refractivity contribution in [3.63, 3.8) is 0 Å². The number of aromatic nitrogens is 4. The van der Waals surface area contributed by atoms with Crippen molar-refractivity contribution < 1.29 is 9.21 Å². The second-order valence-electron chi connectivity index (χ2n) is 6.11. The maximum atomic E-state index is 12.4. The molecule has 8 nitrogen and oxygen atoms in total. The van der Waals surface area contributed by atoms with E-state index in [9.17, 15) is 4.79 Å². The zero-order valence-corrected chi connectivity index (χ0v) is 14.1. The van der Waals surface area contributed by atoms with Crippen LogP contribution in [0.25, 0.3) is 5.78 Å². The van der Waals surface area contributed by atoms with Crippen LogP contribution in [0.1, 0.15) is 29.6 Å². The van der Waals surface area contributed by atoms with Crippen LogP contribution in [0.15, 0.2) is 35.2 Å². The minimum absolute atomic E-state index is 0.0582. The largest absolute Gasteiger partial charge is 0.459 e. The topological polar surface area (TPSA) is 79.8 Å². The Morgan fingerprint density at radius 3 is 2.84 bits per heavy atom. The van der Waals surface area contributed by atoms with Crippen molar-refractivity contribution in [2.45, 2.75) is 19.8 Å². The first kappa shape index (κ1) is 15.6. The molecule has 1 aliphatic rings. The summed E-state index contributed by atoms with van der Waals surface area (Å²) in [5, 5.41) is 8.06. The van der Waals surface area contributed by atoms with Crippen molar-refractivity contribution >= 4 is 17.5 Å². The lowest BCUT2D eigenvalue weighted by atomic mass is 10.2. The predicted octanol–water partition coefficient (Wildman–Crippen LogP) is 1.63. The number of fused-ring (bicyclic) bond motifs is 1. The molecule has 1 fully saturated rings. The highest BCUT2D eigenvalue weighted by Crippen LogP contribution is 2.19. The molecular weight excluding hydrogens is 320 g/mol. The van der Waals surface area contributed by atoms with Crippen molar-refractivity contribution in [1.29, 1.82) is 0 Å². The monoisotopic (exact) mass is 340 g/mol. The molecule has 1 aliphatic heterocycles. The number of carbonyl (C=O) groups excluding carboxylic acids is 1.